The highest BCUT2D eigenvalue weighted by molar-refractivity contribution is 4.24. The maximum atomic E-state index is 8.60. The summed E-state index contributed by atoms with van der Waals surface area (Å²) in [6.07, 6.45) is 0. The Morgan fingerprint density at radius 2 is 1.70 bits per heavy atom. The lowest BCUT2D eigenvalue weighted by Crippen LogP contribution is -2.58. The lowest BCUT2D eigenvalue weighted by Gasteiger charge is -2.03. The van der Waals surface area contributed by atoms with E-state index in [2.05, 4.69) is 5.43 Å². The number of halogens is 1. The largest absolute Gasteiger partial charge is 0.395 e. The molecule has 0 aromatic rings. The van der Waals surface area contributed by atoms with Crippen LogP contribution in [-0.4, -0.2) is 22.9 Å². The molecule has 5 N–H and O–H groups in total. The number of aliphatic hydroxyl groups is 1. The van der Waals surface area contributed by atoms with Crippen molar-refractivity contribution in [2.24, 2.45) is 5.84 Å². The second-order valence-corrected chi connectivity index (χ2v) is 1.87. The van der Waals surface area contributed by atoms with Crippen molar-refractivity contribution in [1.29, 1.82) is 0 Å². The van der Waals surface area contributed by atoms with Crippen molar-refractivity contribution in [3.05, 3.63) is 0 Å². The van der Waals surface area contributed by atoms with Crippen LogP contribution in [0.5, 0.6) is 0 Å². The Kier molecular flexibility index (Phi) is 9.02. The standard InChI is InChI=1S/C2H8N2O.ClHO4/c3-4-1-2-5;2-1(3,4)5/h4-5H,1-3H2;(H,2,3,4,5). The predicted octanol–water partition coefficient (Wildman–Crippen LogP) is -5.68. The molecular formula is C2H9ClN2O5. The highest BCUT2D eigenvalue weighted by Gasteiger charge is 1.98. The maximum Gasteiger partial charge on any atom is 0.0777 e. The lowest BCUT2D eigenvalue weighted by molar-refractivity contribution is -1.92. The molecule has 0 unspecified atom stereocenters. The third-order valence-corrected chi connectivity index (χ3v) is 0.256. The number of hydrogen-bond donors (Lipinski definition) is 4. The zero-order valence-corrected chi connectivity index (χ0v) is 5.74. The van der Waals surface area contributed by atoms with Crippen LogP contribution >= 0.6 is 0 Å². The van der Waals surface area contributed by atoms with Crippen LogP contribution in [0.4, 0.5) is 0 Å². The summed E-state index contributed by atoms with van der Waals surface area (Å²) in [6.45, 7) is 0.580. The van der Waals surface area contributed by atoms with Gasteiger partial charge in [0, 0.05) is 6.54 Å². The quantitative estimate of drug-likeness (QED) is 0.242. The molecule has 0 aromatic heterocycles. The molecule has 0 fully saturated rings. The van der Waals surface area contributed by atoms with Crippen LogP contribution < -0.4 is 25.2 Å². The van der Waals surface area contributed by atoms with E-state index in [0.29, 0.717) is 6.54 Å². The minimum atomic E-state index is -4.69. The van der Waals surface area contributed by atoms with Crippen LogP contribution in [0.3, 0.4) is 0 Å². The van der Waals surface area contributed by atoms with E-state index in [4.69, 9.17) is 29.6 Å². The van der Waals surface area contributed by atoms with Crippen molar-refractivity contribution >= 4 is 0 Å². The Labute approximate surface area is 59.4 Å². The van der Waals surface area contributed by atoms with E-state index in [-0.39, 0.29) is 6.61 Å². The zero-order valence-electron chi connectivity index (χ0n) is 4.99. The molecule has 0 bridgehead atoms. The van der Waals surface area contributed by atoms with Gasteiger partial charge in [0.2, 0.25) is 0 Å². The van der Waals surface area contributed by atoms with Gasteiger partial charge in [-0.3, -0.25) is 11.3 Å². The highest BCUT2D eigenvalue weighted by Crippen LogP contribution is 1.60. The Bertz CT molecular complexity index is 57.2. The Balaban J connectivity index is 0. The third-order valence-electron chi connectivity index (χ3n) is 0.256. The molecule has 0 spiro atoms. The first-order valence-electron chi connectivity index (χ1n) is 2.09. The molecule has 7 nitrogen and oxygen atoms in total. The van der Waals surface area contributed by atoms with Crippen LogP contribution in [0.2, 0.25) is 0 Å². The number of rotatable bonds is 2. The summed E-state index contributed by atoms with van der Waals surface area (Å²) in [6, 6.07) is 0. The van der Waals surface area contributed by atoms with Gasteiger partial charge in [-0.15, -0.1) is 0 Å². The van der Waals surface area contributed by atoms with Gasteiger partial charge in [-0.05, 0) is 0 Å². The van der Waals surface area contributed by atoms with Crippen LogP contribution in [0.1, 0.15) is 0 Å². The van der Waals surface area contributed by atoms with Crippen molar-refractivity contribution in [1.82, 2.24) is 5.43 Å². The summed E-state index contributed by atoms with van der Waals surface area (Å²) in [7, 11) is -4.69. The molecule has 0 aromatic carbocycles. The Hall–Kier alpha value is 0.01000. The average molecular weight is 177 g/mol. The van der Waals surface area contributed by atoms with E-state index in [1.54, 1.807) is 0 Å². The van der Waals surface area contributed by atoms with Crippen molar-refractivity contribution in [3.8, 4) is 0 Å². The first-order chi connectivity index (χ1) is 4.41. The number of nitrogens with one attached hydrogen (secondary N) is 1. The third kappa shape index (κ3) is 97.4. The zero-order chi connectivity index (χ0) is 8.62. The SMILES string of the molecule is NNCCO.[O-][Cl+3]([O-])([O-])O. The molecule has 0 aliphatic rings. The fourth-order valence-electron chi connectivity index (χ4n) is 0.0645. The molecule has 64 valence electrons. The first kappa shape index (κ1) is 12.7. The van der Waals surface area contributed by atoms with Gasteiger partial charge in [0.15, 0.2) is 0 Å². The van der Waals surface area contributed by atoms with E-state index in [0.717, 1.165) is 0 Å². The Morgan fingerprint density at radius 1 is 1.40 bits per heavy atom. The molecule has 0 rings (SSSR count). The molecule has 0 saturated heterocycles. The van der Waals surface area contributed by atoms with E-state index < -0.39 is 10.2 Å². The fraction of sp³-hybridized carbons (Fsp3) is 1.00. The lowest BCUT2D eigenvalue weighted by atomic mass is 10.7. The fourth-order valence-corrected chi connectivity index (χ4v) is 0.0645. The molecule has 0 amide bonds. The Morgan fingerprint density at radius 3 is 1.70 bits per heavy atom. The molecule has 0 aliphatic carbocycles. The van der Waals surface area contributed by atoms with E-state index in [9.17, 15) is 0 Å². The first-order valence-corrected chi connectivity index (χ1v) is 3.35. The molecule has 0 saturated carbocycles. The summed E-state index contributed by atoms with van der Waals surface area (Å²) in [5, 5.41) is 7.92. The predicted molar refractivity (Wildman–Crippen MR) is 21.5 cm³/mol. The minimum absolute atomic E-state index is 0.108. The van der Waals surface area contributed by atoms with Gasteiger partial charge in [0.1, 0.15) is 0 Å². The average Bonchev–Trinajstić information content (AvgIpc) is 1.63. The van der Waals surface area contributed by atoms with Gasteiger partial charge in [-0.1, -0.05) is 0 Å². The monoisotopic (exact) mass is 176 g/mol. The second-order valence-electron chi connectivity index (χ2n) is 1.07. The van der Waals surface area contributed by atoms with Crippen LogP contribution in [0.25, 0.3) is 0 Å². The normalized spacial score (nSPS) is 10.2. The van der Waals surface area contributed by atoms with Crippen molar-refractivity contribution in [3.63, 3.8) is 0 Å². The van der Waals surface area contributed by atoms with Gasteiger partial charge in [-0.2, -0.15) is 14.0 Å². The molecule has 10 heavy (non-hydrogen) atoms. The minimum Gasteiger partial charge on any atom is -0.395 e. The van der Waals surface area contributed by atoms with Crippen molar-refractivity contribution < 1.29 is 34.0 Å². The van der Waals surface area contributed by atoms with Crippen LogP contribution in [0.15, 0.2) is 0 Å². The number of hydrogen-bond acceptors (Lipinski definition) is 7. The van der Waals surface area contributed by atoms with Gasteiger partial charge in [0.25, 0.3) is 0 Å². The van der Waals surface area contributed by atoms with E-state index >= 15 is 0 Å². The summed E-state index contributed by atoms with van der Waals surface area (Å²) in [5.74, 6) is 4.73. The van der Waals surface area contributed by atoms with Gasteiger partial charge < -0.3 is 5.11 Å². The molecule has 0 radical (unpaired) electrons. The van der Waals surface area contributed by atoms with E-state index in [1.165, 1.54) is 0 Å². The number of hydrazine groups is 1. The summed E-state index contributed by atoms with van der Waals surface area (Å²) in [5.41, 5.74) is 2.27. The summed E-state index contributed by atoms with van der Waals surface area (Å²) >= 11 is 0. The molecule has 0 heterocycles. The topological polar surface area (TPSA) is 148 Å². The van der Waals surface area contributed by atoms with Crippen molar-refractivity contribution in [2.75, 3.05) is 13.2 Å². The van der Waals surface area contributed by atoms with Gasteiger partial charge in [-0.25, -0.2) is 0 Å². The number of nitrogens with two attached hydrogens (primary N) is 1. The smallest absolute Gasteiger partial charge is 0.0777 e. The molecule has 8 heteroatoms. The molecular weight excluding hydrogens is 167 g/mol. The number of aliphatic hydroxyl groups excluding tert-OH is 1. The molecule has 0 atom stereocenters. The summed E-state index contributed by atoms with van der Waals surface area (Å²) < 4.78 is 32.7. The second kappa shape index (κ2) is 7.12. The van der Waals surface area contributed by atoms with Crippen molar-refractivity contribution in [2.45, 2.75) is 0 Å². The maximum absolute atomic E-state index is 8.60. The van der Waals surface area contributed by atoms with Gasteiger partial charge >= 0.3 is 0 Å². The van der Waals surface area contributed by atoms with E-state index in [1.807, 2.05) is 0 Å². The van der Waals surface area contributed by atoms with Gasteiger partial charge in [0.05, 0.1) is 21.5 Å². The van der Waals surface area contributed by atoms with Crippen LogP contribution in [-0.2, 0) is 0 Å². The van der Waals surface area contributed by atoms with Crippen LogP contribution in [0, 0.1) is 10.2 Å². The summed E-state index contributed by atoms with van der Waals surface area (Å²) in [4.78, 5) is 0. The highest BCUT2D eigenvalue weighted by atomic mass is 35.7. The molecule has 0 aliphatic heterocycles.